The third kappa shape index (κ3) is 3.43. The lowest BCUT2D eigenvalue weighted by molar-refractivity contribution is 0.415. The van der Waals surface area contributed by atoms with Crippen LogP contribution in [0.2, 0.25) is 0 Å². The lowest BCUT2D eigenvalue weighted by Gasteiger charge is -2.06. The summed E-state index contributed by atoms with van der Waals surface area (Å²) in [6.45, 7) is 2.02. The van der Waals surface area contributed by atoms with E-state index in [0.717, 1.165) is 43.0 Å². The van der Waals surface area contributed by atoms with Crippen LogP contribution in [0.5, 0.6) is 5.75 Å². The van der Waals surface area contributed by atoms with E-state index in [-0.39, 0.29) is 0 Å². The SMILES string of the molecule is COc1ccc(-c2nnc(SCc3ccccc3)c3nc(C)sc23)cc1. The molecule has 0 aliphatic carbocycles. The predicted octanol–water partition coefficient (Wildman–Crippen LogP) is 5.36. The Kier molecular flexibility index (Phi) is 4.86. The molecule has 130 valence electrons. The number of thioether (sulfide) groups is 1. The van der Waals surface area contributed by atoms with Gasteiger partial charge in [0.25, 0.3) is 0 Å². The summed E-state index contributed by atoms with van der Waals surface area (Å²) >= 11 is 3.34. The quantitative estimate of drug-likeness (QED) is 0.437. The Balaban J connectivity index is 1.70. The van der Waals surface area contributed by atoms with Crippen molar-refractivity contribution >= 4 is 33.3 Å². The van der Waals surface area contributed by atoms with Crippen LogP contribution in [0.3, 0.4) is 0 Å². The summed E-state index contributed by atoms with van der Waals surface area (Å²) in [6.07, 6.45) is 0. The van der Waals surface area contributed by atoms with Gasteiger partial charge in [-0.05, 0) is 36.8 Å². The zero-order valence-electron chi connectivity index (χ0n) is 14.5. The Morgan fingerprint density at radius 1 is 1.00 bits per heavy atom. The third-order valence-electron chi connectivity index (χ3n) is 3.97. The predicted molar refractivity (Wildman–Crippen MR) is 108 cm³/mol. The highest BCUT2D eigenvalue weighted by Crippen LogP contribution is 2.36. The van der Waals surface area contributed by atoms with Gasteiger partial charge >= 0.3 is 0 Å². The van der Waals surface area contributed by atoms with Gasteiger partial charge in [0.05, 0.1) is 16.8 Å². The minimum atomic E-state index is 0.827. The van der Waals surface area contributed by atoms with Gasteiger partial charge in [0.2, 0.25) is 0 Å². The molecule has 0 aliphatic rings. The van der Waals surface area contributed by atoms with Crippen LogP contribution in [0.25, 0.3) is 21.5 Å². The molecule has 0 bridgehead atoms. The molecule has 0 spiro atoms. The fourth-order valence-electron chi connectivity index (χ4n) is 2.68. The number of aryl methyl sites for hydroxylation is 1. The Bertz CT molecular complexity index is 1030. The molecule has 6 heteroatoms. The normalized spacial score (nSPS) is 11.0. The summed E-state index contributed by atoms with van der Waals surface area (Å²) in [6, 6.07) is 18.3. The maximum atomic E-state index is 5.24. The summed E-state index contributed by atoms with van der Waals surface area (Å²) in [5, 5.41) is 10.9. The van der Waals surface area contributed by atoms with Gasteiger partial charge < -0.3 is 4.74 Å². The van der Waals surface area contributed by atoms with Crippen molar-refractivity contribution in [2.24, 2.45) is 0 Å². The number of methoxy groups -OCH3 is 1. The number of thiazole rings is 1. The molecule has 0 radical (unpaired) electrons. The van der Waals surface area contributed by atoms with E-state index < -0.39 is 0 Å². The van der Waals surface area contributed by atoms with Crippen LogP contribution in [0.4, 0.5) is 0 Å². The van der Waals surface area contributed by atoms with Gasteiger partial charge in [-0.15, -0.1) is 21.5 Å². The molecule has 26 heavy (non-hydrogen) atoms. The molecular weight excluding hydrogens is 362 g/mol. The Morgan fingerprint density at radius 3 is 2.50 bits per heavy atom. The first-order valence-corrected chi connectivity index (χ1v) is 10.00. The molecule has 0 amide bonds. The molecule has 2 aromatic heterocycles. The highest BCUT2D eigenvalue weighted by atomic mass is 32.2. The monoisotopic (exact) mass is 379 g/mol. The van der Waals surface area contributed by atoms with Crippen LogP contribution in [-0.2, 0) is 5.75 Å². The topological polar surface area (TPSA) is 47.9 Å². The average Bonchev–Trinajstić information content (AvgIpc) is 3.08. The van der Waals surface area contributed by atoms with Gasteiger partial charge in [-0.25, -0.2) is 4.98 Å². The van der Waals surface area contributed by atoms with Gasteiger partial charge in [-0.2, -0.15) is 0 Å². The number of benzene rings is 2. The van der Waals surface area contributed by atoms with Crippen molar-refractivity contribution in [3.63, 3.8) is 0 Å². The first kappa shape index (κ1) is 17.0. The zero-order valence-corrected chi connectivity index (χ0v) is 16.1. The van der Waals surface area contributed by atoms with Crippen LogP contribution in [0, 0.1) is 6.92 Å². The van der Waals surface area contributed by atoms with Crippen LogP contribution >= 0.6 is 23.1 Å². The highest BCUT2D eigenvalue weighted by molar-refractivity contribution is 7.98. The van der Waals surface area contributed by atoms with E-state index in [0.29, 0.717) is 0 Å². The van der Waals surface area contributed by atoms with Crippen molar-refractivity contribution < 1.29 is 4.74 Å². The Hall–Kier alpha value is -2.44. The number of rotatable bonds is 5. The molecule has 0 aliphatic heterocycles. The van der Waals surface area contributed by atoms with Gasteiger partial charge in [0.15, 0.2) is 0 Å². The van der Waals surface area contributed by atoms with Crippen LogP contribution in [-0.4, -0.2) is 22.3 Å². The molecule has 2 aromatic carbocycles. The van der Waals surface area contributed by atoms with Crippen molar-refractivity contribution in [3.05, 3.63) is 65.2 Å². The van der Waals surface area contributed by atoms with E-state index in [2.05, 4.69) is 34.5 Å². The van der Waals surface area contributed by atoms with E-state index in [4.69, 9.17) is 9.72 Å². The molecule has 0 fully saturated rings. The number of aromatic nitrogens is 3. The number of hydrogen-bond donors (Lipinski definition) is 0. The maximum absolute atomic E-state index is 5.24. The summed E-state index contributed by atoms with van der Waals surface area (Å²) in [7, 11) is 1.66. The van der Waals surface area contributed by atoms with Crippen LogP contribution < -0.4 is 4.74 Å². The second kappa shape index (κ2) is 7.43. The maximum Gasteiger partial charge on any atom is 0.146 e. The Labute approximate surface area is 160 Å². The van der Waals surface area contributed by atoms with Crippen molar-refractivity contribution in [2.45, 2.75) is 17.7 Å². The minimum Gasteiger partial charge on any atom is -0.497 e. The minimum absolute atomic E-state index is 0.827. The molecule has 4 aromatic rings. The number of ether oxygens (including phenoxy) is 1. The Morgan fingerprint density at radius 2 is 1.77 bits per heavy atom. The van der Waals surface area contributed by atoms with Gasteiger partial charge in [0, 0.05) is 11.3 Å². The van der Waals surface area contributed by atoms with Crippen molar-refractivity contribution in [1.82, 2.24) is 15.2 Å². The molecule has 0 atom stereocenters. The molecule has 0 N–H and O–H groups in total. The molecule has 0 saturated heterocycles. The van der Waals surface area contributed by atoms with Crippen molar-refractivity contribution in [3.8, 4) is 17.0 Å². The van der Waals surface area contributed by atoms with E-state index in [9.17, 15) is 0 Å². The first-order valence-electron chi connectivity index (χ1n) is 8.19. The largest absolute Gasteiger partial charge is 0.497 e. The lowest BCUT2D eigenvalue weighted by Crippen LogP contribution is -1.93. The van der Waals surface area contributed by atoms with Crippen molar-refractivity contribution in [1.29, 1.82) is 0 Å². The summed E-state index contributed by atoms with van der Waals surface area (Å²) < 4.78 is 6.32. The lowest BCUT2D eigenvalue weighted by atomic mass is 10.1. The smallest absolute Gasteiger partial charge is 0.146 e. The van der Waals surface area contributed by atoms with E-state index >= 15 is 0 Å². The molecule has 2 heterocycles. The number of hydrogen-bond acceptors (Lipinski definition) is 6. The molecule has 4 nitrogen and oxygen atoms in total. The summed E-state index contributed by atoms with van der Waals surface area (Å²) in [5.41, 5.74) is 4.09. The van der Waals surface area contributed by atoms with Gasteiger partial charge in [0.1, 0.15) is 22.0 Å². The van der Waals surface area contributed by atoms with Crippen LogP contribution in [0.1, 0.15) is 10.6 Å². The van der Waals surface area contributed by atoms with Crippen molar-refractivity contribution in [2.75, 3.05) is 7.11 Å². The highest BCUT2D eigenvalue weighted by Gasteiger charge is 2.16. The average molecular weight is 380 g/mol. The fourth-order valence-corrected chi connectivity index (χ4v) is 4.55. The second-order valence-corrected chi connectivity index (χ2v) is 7.93. The summed E-state index contributed by atoms with van der Waals surface area (Å²) in [4.78, 5) is 4.72. The first-order chi connectivity index (χ1) is 12.7. The van der Waals surface area contributed by atoms with Crippen LogP contribution in [0.15, 0.2) is 59.6 Å². The fraction of sp³-hybridized carbons (Fsp3) is 0.150. The molecule has 0 saturated carbocycles. The summed E-state index contributed by atoms with van der Waals surface area (Å²) in [5.74, 6) is 1.68. The number of fused-ring (bicyclic) bond motifs is 1. The number of nitrogens with zero attached hydrogens (tertiary/aromatic N) is 3. The second-order valence-electron chi connectivity index (χ2n) is 5.77. The molecule has 4 rings (SSSR count). The van der Waals surface area contributed by atoms with E-state index in [1.807, 2.05) is 37.3 Å². The standard InChI is InChI=1S/C20H17N3OS2/c1-13-21-18-19(26-13)17(15-8-10-16(24-2)11-9-15)22-23-20(18)25-12-14-6-4-3-5-7-14/h3-11H,12H2,1-2H3. The van der Waals surface area contributed by atoms with Gasteiger partial charge in [-0.1, -0.05) is 42.1 Å². The van der Waals surface area contributed by atoms with Gasteiger partial charge in [-0.3, -0.25) is 0 Å². The van der Waals surface area contributed by atoms with E-state index in [1.54, 1.807) is 30.2 Å². The van der Waals surface area contributed by atoms with E-state index in [1.165, 1.54) is 5.56 Å². The zero-order chi connectivity index (χ0) is 17.9. The third-order valence-corrected chi connectivity index (χ3v) is 5.98. The molecular formula is C20H17N3OS2. The molecule has 0 unspecified atom stereocenters.